The predicted octanol–water partition coefficient (Wildman–Crippen LogP) is 3.16. The summed E-state index contributed by atoms with van der Waals surface area (Å²) in [5.41, 5.74) is 5.29. The number of ketones is 1. The van der Waals surface area contributed by atoms with E-state index in [1.54, 1.807) is 0 Å². The molecule has 2 aliphatic heterocycles. The molecule has 2 heterocycles. The highest BCUT2D eigenvalue weighted by Gasteiger charge is 2.33. The number of Topliss-reactive ketones (excluding diaryl/α,β-unsaturated/α-hetero) is 1. The van der Waals surface area contributed by atoms with Crippen molar-refractivity contribution in [2.24, 2.45) is 9.98 Å². The molecule has 0 saturated heterocycles. The highest BCUT2D eigenvalue weighted by atomic mass is 35.5. The number of carbonyl (C=O) groups excluding carboxylic acids is 1. The molecular weight excluding hydrogens is 371 g/mol. The minimum absolute atomic E-state index is 0.132. The second kappa shape index (κ2) is 6.95. The first kappa shape index (κ1) is 17.3. The number of anilines is 1. The molecule has 0 amide bonds. The molecule has 28 heavy (non-hydrogen) atoms. The van der Waals surface area contributed by atoms with Gasteiger partial charge in [-0.15, -0.1) is 0 Å². The maximum atomic E-state index is 12.7. The number of nitrogens with one attached hydrogen (secondary N) is 2. The Morgan fingerprint density at radius 2 is 1.89 bits per heavy atom. The summed E-state index contributed by atoms with van der Waals surface area (Å²) < 4.78 is 0. The topological polar surface area (TPSA) is 65.8 Å². The molecular formula is C21H17BClN4O. The van der Waals surface area contributed by atoms with E-state index in [4.69, 9.17) is 16.6 Å². The summed E-state index contributed by atoms with van der Waals surface area (Å²) in [6.07, 6.45) is 2.19. The van der Waals surface area contributed by atoms with Crippen molar-refractivity contribution < 1.29 is 4.79 Å². The molecule has 1 aliphatic carbocycles. The number of para-hydroxylation sites is 1. The minimum Gasteiger partial charge on any atom is -0.352 e. The van der Waals surface area contributed by atoms with Crippen LogP contribution in [0.1, 0.15) is 30.9 Å². The summed E-state index contributed by atoms with van der Waals surface area (Å²) in [6.45, 7) is 0. The number of hydrogen-bond acceptors (Lipinski definition) is 4. The Morgan fingerprint density at radius 3 is 2.75 bits per heavy atom. The zero-order valence-electron chi connectivity index (χ0n) is 15.1. The van der Waals surface area contributed by atoms with Gasteiger partial charge >= 0.3 is 0 Å². The number of carbonyl (C=O) groups is 1. The third-order valence-corrected chi connectivity index (χ3v) is 5.53. The first-order valence-corrected chi connectivity index (χ1v) is 9.72. The smallest absolute Gasteiger partial charge is 0.243 e. The lowest BCUT2D eigenvalue weighted by molar-refractivity contribution is -0.116. The van der Waals surface area contributed by atoms with Crippen LogP contribution in [0.4, 0.5) is 5.69 Å². The maximum absolute atomic E-state index is 12.7. The van der Waals surface area contributed by atoms with Crippen LogP contribution in [0, 0.1) is 0 Å². The standard InChI is InChI=1S/C21H17BClN4O/c23-14-8-3-1-6-12(14)19-18-16(10-5-11-17(18)28)25-21(26-19)27-20-22-13-7-2-4-9-15(13)24-20/h1-4,6-9,19H,5,10-11H2,(H2,24,25,26,27). The average molecular weight is 388 g/mol. The Kier molecular flexibility index (Phi) is 4.28. The van der Waals surface area contributed by atoms with Gasteiger partial charge in [0.05, 0.1) is 5.73 Å². The fourth-order valence-electron chi connectivity index (χ4n) is 3.88. The van der Waals surface area contributed by atoms with Crippen LogP contribution in [-0.2, 0) is 4.79 Å². The first-order chi connectivity index (χ1) is 13.7. The van der Waals surface area contributed by atoms with Gasteiger partial charge in [0.25, 0.3) is 0 Å². The van der Waals surface area contributed by atoms with Crippen molar-refractivity contribution in [1.29, 1.82) is 0 Å². The van der Waals surface area contributed by atoms with E-state index < -0.39 is 6.04 Å². The number of benzene rings is 2. The SMILES string of the molecule is O=C1CCCC2=C1C(c1ccccc1Cl)N=C(/N=C1/[B]c3ccccc3N1)N2. The van der Waals surface area contributed by atoms with E-state index in [0.717, 1.165) is 46.6 Å². The van der Waals surface area contributed by atoms with Crippen molar-refractivity contribution in [3.8, 4) is 0 Å². The molecule has 5 rings (SSSR count). The van der Waals surface area contributed by atoms with Crippen molar-refractivity contribution in [1.82, 2.24) is 5.32 Å². The highest BCUT2D eigenvalue weighted by molar-refractivity contribution is 6.90. The maximum Gasteiger partial charge on any atom is 0.243 e. The minimum atomic E-state index is -0.430. The lowest BCUT2D eigenvalue weighted by atomic mass is 9.71. The molecule has 1 unspecified atom stereocenters. The molecule has 2 N–H and O–H groups in total. The summed E-state index contributed by atoms with van der Waals surface area (Å²) in [5, 5.41) is 7.17. The number of fused-ring (bicyclic) bond motifs is 1. The zero-order valence-corrected chi connectivity index (χ0v) is 15.8. The molecule has 7 heteroatoms. The second-order valence-corrected chi connectivity index (χ2v) is 7.43. The normalized spacial score (nSPS) is 22.0. The van der Waals surface area contributed by atoms with Crippen LogP contribution in [0.5, 0.6) is 0 Å². The molecule has 5 nitrogen and oxygen atoms in total. The van der Waals surface area contributed by atoms with Gasteiger partial charge in [0, 0.05) is 28.4 Å². The molecule has 1 atom stereocenters. The van der Waals surface area contributed by atoms with Gasteiger partial charge in [-0.2, -0.15) is 0 Å². The van der Waals surface area contributed by atoms with Gasteiger partial charge in [-0.3, -0.25) is 4.79 Å². The van der Waals surface area contributed by atoms with E-state index >= 15 is 0 Å². The van der Waals surface area contributed by atoms with Crippen LogP contribution in [-0.4, -0.2) is 24.8 Å². The van der Waals surface area contributed by atoms with Crippen LogP contribution in [0.2, 0.25) is 5.02 Å². The van der Waals surface area contributed by atoms with Gasteiger partial charge in [-0.1, -0.05) is 53.5 Å². The first-order valence-electron chi connectivity index (χ1n) is 9.34. The number of allylic oxidation sites excluding steroid dienone is 1. The number of aliphatic imine (C=N–C) groups is 2. The van der Waals surface area contributed by atoms with Gasteiger partial charge < -0.3 is 10.6 Å². The highest BCUT2D eigenvalue weighted by Crippen LogP contribution is 2.38. The van der Waals surface area contributed by atoms with Gasteiger partial charge in [-0.05, 0) is 30.5 Å². The van der Waals surface area contributed by atoms with Crippen LogP contribution in [0.3, 0.4) is 0 Å². The summed E-state index contributed by atoms with van der Waals surface area (Å²) in [6, 6.07) is 15.1. The van der Waals surface area contributed by atoms with Crippen LogP contribution >= 0.6 is 11.6 Å². The molecule has 0 aromatic heterocycles. The van der Waals surface area contributed by atoms with E-state index in [-0.39, 0.29) is 5.78 Å². The number of hydrogen-bond donors (Lipinski definition) is 2. The molecule has 0 saturated carbocycles. The number of amidine groups is 1. The van der Waals surface area contributed by atoms with Crippen molar-refractivity contribution in [3.63, 3.8) is 0 Å². The quantitative estimate of drug-likeness (QED) is 0.739. The Morgan fingerprint density at radius 1 is 1.07 bits per heavy atom. The van der Waals surface area contributed by atoms with Gasteiger partial charge in [0.15, 0.2) is 5.78 Å². The monoisotopic (exact) mass is 387 g/mol. The third kappa shape index (κ3) is 3.04. The number of nitrogens with zero attached hydrogens (tertiary/aromatic N) is 2. The van der Waals surface area contributed by atoms with Crippen LogP contribution in [0.15, 0.2) is 69.8 Å². The lowest BCUT2D eigenvalue weighted by Crippen LogP contribution is -2.35. The van der Waals surface area contributed by atoms with Gasteiger partial charge in [0.1, 0.15) is 6.04 Å². The Balaban J connectivity index is 1.54. The number of halogens is 1. The lowest BCUT2D eigenvalue weighted by Gasteiger charge is -2.29. The summed E-state index contributed by atoms with van der Waals surface area (Å²) in [5.74, 6) is 0.622. The van der Waals surface area contributed by atoms with E-state index in [1.165, 1.54) is 0 Å². The van der Waals surface area contributed by atoms with Gasteiger partial charge in [-0.25, -0.2) is 9.98 Å². The molecule has 2 aromatic rings. The predicted molar refractivity (Wildman–Crippen MR) is 114 cm³/mol. The number of guanidine groups is 1. The second-order valence-electron chi connectivity index (χ2n) is 7.02. The molecule has 1 radical (unpaired) electrons. The van der Waals surface area contributed by atoms with Crippen LogP contribution in [0.25, 0.3) is 0 Å². The average Bonchev–Trinajstić information content (AvgIpc) is 3.10. The third-order valence-electron chi connectivity index (χ3n) is 5.19. The van der Waals surface area contributed by atoms with E-state index in [1.807, 2.05) is 55.8 Å². The Hall–Kier alpha value is -2.86. The summed E-state index contributed by atoms with van der Waals surface area (Å²) in [4.78, 5) is 22.1. The fraction of sp³-hybridized carbons (Fsp3) is 0.190. The van der Waals surface area contributed by atoms with E-state index in [2.05, 4.69) is 15.6 Å². The summed E-state index contributed by atoms with van der Waals surface area (Å²) in [7, 11) is 1.99. The molecule has 0 bridgehead atoms. The molecule has 0 fully saturated rings. The van der Waals surface area contributed by atoms with Crippen molar-refractivity contribution in [2.45, 2.75) is 25.3 Å². The van der Waals surface area contributed by atoms with Crippen LogP contribution < -0.4 is 16.1 Å². The van der Waals surface area contributed by atoms with Gasteiger partial charge in [0.2, 0.25) is 13.2 Å². The Labute approximate surface area is 168 Å². The molecule has 0 spiro atoms. The largest absolute Gasteiger partial charge is 0.352 e. The van der Waals surface area contributed by atoms with E-state index in [9.17, 15) is 4.79 Å². The Bertz CT molecular complexity index is 1050. The summed E-state index contributed by atoms with van der Waals surface area (Å²) >= 11 is 6.44. The van der Waals surface area contributed by atoms with E-state index in [0.29, 0.717) is 17.4 Å². The van der Waals surface area contributed by atoms with Crippen molar-refractivity contribution in [3.05, 3.63) is 70.4 Å². The molecule has 3 aliphatic rings. The molecule has 137 valence electrons. The molecule has 2 aromatic carbocycles. The fourth-order valence-corrected chi connectivity index (χ4v) is 4.11. The zero-order chi connectivity index (χ0) is 19.1. The number of rotatable bonds is 1. The van der Waals surface area contributed by atoms with Crippen molar-refractivity contribution >= 4 is 47.5 Å². The van der Waals surface area contributed by atoms with Crippen molar-refractivity contribution in [2.75, 3.05) is 5.32 Å².